The van der Waals surface area contributed by atoms with Gasteiger partial charge in [0.25, 0.3) is 0 Å². The number of hydrogen-bond donors (Lipinski definition) is 1. The van der Waals surface area contributed by atoms with Gasteiger partial charge in [0.15, 0.2) is 0 Å². The van der Waals surface area contributed by atoms with Gasteiger partial charge in [-0.2, -0.15) is 0 Å². The average Bonchev–Trinajstić information content (AvgIpc) is 2.76. The Morgan fingerprint density at radius 1 is 1.24 bits per heavy atom. The summed E-state index contributed by atoms with van der Waals surface area (Å²) in [7, 11) is 2.25. The highest BCUT2D eigenvalue weighted by atomic mass is 16.2. The van der Waals surface area contributed by atoms with E-state index < -0.39 is 0 Å². The van der Waals surface area contributed by atoms with Gasteiger partial charge < -0.3 is 10.0 Å². The molecule has 0 bridgehead atoms. The fourth-order valence-electron chi connectivity index (χ4n) is 2.82. The van der Waals surface area contributed by atoms with E-state index in [-0.39, 0.29) is 0 Å². The van der Waals surface area contributed by atoms with E-state index in [0.717, 1.165) is 12.5 Å². The van der Waals surface area contributed by atoms with Gasteiger partial charge in [0.2, 0.25) is 0 Å². The van der Waals surface area contributed by atoms with Crippen LogP contribution in [-0.4, -0.2) is 60.8 Å². The lowest BCUT2D eigenvalue weighted by atomic mass is 10.1. The molecule has 1 rings (SSSR count). The van der Waals surface area contributed by atoms with Crippen molar-refractivity contribution in [1.82, 2.24) is 9.80 Å². The smallest absolute Gasteiger partial charge is 0.0431 e. The van der Waals surface area contributed by atoms with E-state index in [9.17, 15) is 0 Å². The zero-order chi connectivity index (χ0) is 12.5. The minimum Gasteiger partial charge on any atom is -0.396 e. The first-order valence-electron chi connectivity index (χ1n) is 7.31. The van der Waals surface area contributed by atoms with Crippen LogP contribution in [0.2, 0.25) is 0 Å². The SMILES string of the molecule is CCN1CCCC1CN(C)CCCCCCO. The molecular weight excluding hydrogens is 212 g/mol. The standard InChI is InChI=1S/C14H30N2O/c1-3-16-11-8-9-14(16)13-15(2)10-6-4-5-7-12-17/h14,17H,3-13H2,1-2H3. The van der Waals surface area contributed by atoms with E-state index >= 15 is 0 Å². The highest BCUT2D eigenvalue weighted by Gasteiger charge is 2.23. The van der Waals surface area contributed by atoms with Crippen molar-refractivity contribution in [2.45, 2.75) is 51.5 Å². The van der Waals surface area contributed by atoms with Gasteiger partial charge in [0, 0.05) is 19.2 Å². The molecule has 0 aliphatic carbocycles. The lowest BCUT2D eigenvalue weighted by Gasteiger charge is -2.27. The molecule has 1 atom stereocenters. The molecule has 0 radical (unpaired) electrons. The summed E-state index contributed by atoms with van der Waals surface area (Å²) < 4.78 is 0. The molecule has 3 nitrogen and oxygen atoms in total. The Morgan fingerprint density at radius 3 is 2.71 bits per heavy atom. The van der Waals surface area contributed by atoms with Crippen molar-refractivity contribution >= 4 is 0 Å². The van der Waals surface area contributed by atoms with E-state index in [1.807, 2.05) is 0 Å². The zero-order valence-corrected chi connectivity index (χ0v) is 11.7. The van der Waals surface area contributed by atoms with Gasteiger partial charge in [0.1, 0.15) is 0 Å². The molecule has 0 aromatic carbocycles. The van der Waals surface area contributed by atoms with Crippen LogP contribution in [0, 0.1) is 0 Å². The molecule has 1 aliphatic rings. The number of hydrogen-bond acceptors (Lipinski definition) is 3. The quantitative estimate of drug-likeness (QED) is 0.626. The number of aliphatic hydroxyl groups is 1. The van der Waals surface area contributed by atoms with Crippen molar-refractivity contribution < 1.29 is 5.11 Å². The topological polar surface area (TPSA) is 26.7 Å². The van der Waals surface area contributed by atoms with Crippen molar-refractivity contribution in [2.24, 2.45) is 0 Å². The van der Waals surface area contributed by atoms with Gasteiger partial charge in [-0.1, -0.05) is 19.8 Å². The molecule has 17 heavy (non-hydrogen) atoms. The summed E-state index contributed by atoms with van der Waals surface area (Å²) in [5.41, 5.74) is 0. The maximum absolute atomic E-state index is 8.70. The van der Waals surface area contributed by atoms with Gasteiger partial charge in [0.05, 0.1) is 0 Å². The van der Waals surface area contributed by atoms with Crippen molar-refractivity contribution in [3.63, 3.8) is 0 Å². The van der Waals surface area contributed by atoms with Gasteiger partial charge in [-0.05, 0) is 52.4 Å². The van der Waals surface area contributed by atoms with Crippen LogP contribution in [0.25, 0.3) is 0 Å². The van der Waals surface area contributed by atoms with Crippen LogP contribution < -0.4 is 0 Å². The third kappa shape index (κ3) is 5.84. The van der Waals surface area contributed by atoms with Crippen LogP contribution >= 0.6 is 0 Å². The molecule has 0 spiro atoms. The van der Waals surface area contributed by atoms with Crippen LogP contribution in [0.15, 0.2) is 0 Å². The van der Waals surface area contributed by atoms with Crippen LogP contribution in [0.4, 0.5) is 0 Å². The van der Waals surface area contributed by atoms with Crippen molar-refractivity contribution in [1.29, 1.82) is 0 Å². The highest BCUT2D eigenvalue weighted by molar-refractivity contribution is 4.80. The number of aliphatic hydroxyl groups excluding tert-OH is 1. The molecule has 102 valence electrons. The van der Waals surface area contributed by atoms with E-state index in [1.54, 1.807) is 0 Å². The Morgan fingerprint density at radius 2 is 2.00 bits per heavy atom. The lowest BCUT2D eigenvalue weighted by Crippen LogP contribution is -2.39. The lowest BCUT2D eigenvalue weighted by molar-refractivity contribution is 0.196. The Labute approximate surface area is 107 Å². The third-order valence-corrected chi connectivity index (χ3v) is 3.88. The molecule has 1 saturated heterocycles. The summed E-state index contributed by atoms with van der Waals surface area (Å²) in [6.07, 6.45) is 7.43. The van der Waals surface area contributed by atoms with Crippen molar-refractivity contribution in [3.8, 4) is 0 Å². The molecule has 1 N–H and O–H groups in total. The monoisotopic (exact) mass is 242 g/mol. The second-order valence-electron chi connectivity index (χ2n) is 5.32. The van der Waals surface area contributed by atoms with E-state index in [1.165, 1.54) is 58.3 Å². The van der Waals surface area contributed by atoms with E-state index in [4.69, 9.17) is 5.11 Å². The summed E-state index contributed by atoms with van der Waals surface area (Å²) in [6.45, 7) is 7.56. The first kappa shape index (κ1) is 14.9. The average molecular weight is 242 g/mol. The number of nitrogens with zero attached hydrogens (tertiary/aromatic N) is 2. The van der Waals surface area contributed by atoms with Crippen LogP contribution in [0.1, 0.15) is 45.4 Å². The Balaban J connectivity index is 2.05. The summed E-state index contributed by atoms with van der Waals surface area (Å²) in [4.78, 5) is 5.10. The number of likely N-dealkylation sites (tertiary alicyclic amines) is 1. The molecule has 1 unspecified atom stereocenters. The molecule has 1 aliphatic heterocycles. The fourth-order valence-corrected chi connectivity index (χ4v) is 2.82. The first-order chi connectivity index (χ1) is 8.27. The van der Waals surface area contributed by atoms with Gasteiger partial charge in [-0.3, -0.25) is 4.90 Å². The predicted octanol–water partition coefficient (Wildman–Crippen LogP) is 1.96. The number of rotatable bonds is 9. The summed E-state index contributed by atoms with van der Waals surface area (Å²) in [5.74, 6) is 0. The minimum absolute atomic E-state index is 0.351. The number of likely N-dealkylation sites (N-methyl/N-ethyl adjacent to an activating group) is 2. The van der Waals surface area contributed by atoms with Crippen LogP contribution in [-0.2, 0) is 0 Å². The van der Waals surface area contributed by atoms with Crippen LogP contribution in [0.5, 0.6) is 0 Å². The normalized spacial score (nSPS) is 21.5. The summed E-state index contributed by atoms with van der Waals surface area (Å²) in [6, 6.07) is 0.794. The Bertz CT molecular complexity index is 187. The molecule has 1 fully saturated rings. The first-order valence-corrected chi connectivity index (χ1v) is 7.31. The van der Waals surface area contributed by atoms with Crippen molar-refractivity contribution in [3.05, 3.63) is 0 Å². The summed E-state index contributed by atoms with van der Waals surface area (Å²) in [5, 5.41) is 8.70. The second kappa shape index (κ2) is 8.90. The van der Waals surface area contributed by atoms with Gasteiger partial charge in [-0.15, -0.1) is 0 Å². The maximum atomic E-state index is 8.70. The molecule has 1 heterocycles. The predicted molar refractivity (Wildman–Crippen MR) is 73.3 cm³/mol. The number of unbranched alkanes of at least 4 members (excludes halogenated alkanes) is 3. The molecule has 0 aromatic heterocycles. The Hall–Kier alpha value is -0.120. The molecular formula is C14H30N2O. The fraction of sp³-hybridized carbons (Fsp3) is 1.00. The van der Waals surface area contributed by atoms with Crippen LogP contribution in [0.3, 0.4) is 0 Å². The molecule has 0 amide bonds. The molecule has 0 aromatic rings. The second-order valence-corrected chi connectivity index (χ2v) is 5.32. The highest BCUT2D eigenvalue weighted by Crippen LogP contribution is 2.17. The van der Waals surface area contributed by atoms with Gasteiger partial charge >= 0.3 is 0 Å². The maximum Gasteiger partial charge on any atom is 0.0431 e. The summed E-state index contributed by atoms with van der Waals surface area (Å²) >= 11 is 0. The molecule has 3 heteroatoms. The minimum atomic E-state index is 0.351. The van der Waals surface area contributed by atoms with E-state index in [2.05, 4.69) is 23.8 Å². The molecule has 0 saturated carbocycles. The van der Waals surface area contributed by atoms with Crippen molar-refractivity contribution in [2.75, 3.05) is 39.8 Å². The third-order valence-electron chi connectivity index (χ3n) is 3.88. The Kier molecular flexibility index (Phi) is 7.82. The van der Waals surface area contributed by atoms with Gasteiger partial charge in [-0.25, -0.2) is 0 Å². The largest absolute Gasteiger partial charge is 0.396 e. The zero-order valence-electron chi connectivity index (χ0n) is 11.7. The van der Waals surface area contributed by atoms with E-state index in [0.29, 0.717) is 6.61 Å².